The molecule has 0 aliphatic carbocycles. The van der Waals surface area contributed by atoms with Crippen molar-refractivity contribution in [3.05, 3.63) is 28.4 Å². The van der Waals surface area contributed by atoms with Crippen LogP contribution < -0.4 is 0 Å². The normalized spacial score (nSPS) is 22.1. The van der Waals surface area contributed by atoms with Crippen LogP contribution in [0.3, 0.4) is 0 Å². The highest BCUT2D eigenvalue weighted by Gasteiger charge is 2.15. The highest BCUT2D eigenvalue weighted by Crippen LogP contribution is 2.26. The molecule has 2 nitrogen and oxygen atoms in total. The first-order valence-corrected chi connectivity index (χ1v) is 5.11. The quantitative estimate of drug-likeness (QED) is 0.710. The van der Waals surface area contributed by atoms with E-state index in [1.165, 1.54) is 0 Å². The maximum absolute atomic E-state index is 7.89. The third-order valence-electron chi connectivity index (χ3n) is 2.20. The number of nitrogens with zero attached hydrogens (tertiary/aromatic N) is 1. The Labute approximate surface area is 90.7 Å². The fraction of sp³-hybridized carbons (Fsp3) is 0.500. The van der Waals surface area contributed by atoms with Gasteiger partial charge in [-0.3, -0.25) is 0 Å². The van der Waals surface area contributed by atoms with Crippen molar-refractivity contribution in [1.82, 2.24) is 4.98 Å². The SMILES string of the molecule is [2H]c1nc(Br)c([2H])c([2H])c1C1CCOCC1. The molecule has 1 aromatic rings. The lowest BCUT2D eigenvalue weighted by atomic mass is 9.93. The molecular formula is C10H12BrNO. The van der Waals surface area contributed by atoms with E-state index in [-0.39, 0.29) is 28.8 Å². The monoisotopic (exact) mass is 244 g/mol. The first kappa shape index (κ1) is 6.14. The molecule has 0 aromatic carbocycles. The zero-order valence-corrected chi connectivity index (χ0v) is 8.73. The molecule has 3 heteroatoms. The number of hydrogen-bond donors (Lipinski definition) is 0. The Bertz CT molecular complexity index is 408. The van der Waals surface area contributed by atoms with Gasteiger partial charge in [0.1, 0.15) is 4.60 Å². The van der Waals surface area contributed by atoms with Crippen molar-refractivity contribution >= 4 is 15.9 Å². The summed E-state index contributed by atoms with van der Waals surface area (Å²) in [6.45, 7) is 1.32. The molecule has 70 valence electrons. The Hall–Kier alpha value is -0.410. The summed E-state index contributed by atoms with van der Waals surface area (Å²) < 4.78 is 28.9. The predicted molar refractivity (Wildman–Crippen MR) is 54.7 cm³/mol. The molecule has 0 unspecified atom stereocenters. The van der Waals surface area contributed by atoms with E-state index in [2.05, 4.69) is 20.9 Å². The Morgan fingerprint density at radius 1 is 1.46 bits per heavy atom. The van der Waals surface area contributed by atoms with E-state index in [9.17, 15) is 0 Å². The number of pyridine rings is 1. The van der Waals surface area contributed by atoms with Gasteiger partial charge in [0.05, 0.1) is 4.11 Å². The second-order valence-electron chi connectivity index (χ2n) is 3.06. The second-order valence-corrected chi connectivity index (χ2v) is 3.82. The molecule has 2 heterocycles. The fourth-order valence-electron chi connectivity index (χ4n) is 1.46. The van der Waals surface area contributed by atoms with Crippen LogP contribution in [-0.4, -0.2) is 18.2 Å². The van der Waals surface area contributed by atoms with E-state index < -0.39 is 0 Å². The molecule has 13 heavy (non-hydrogen) atoms. The van der Waals surface area contributed by atoms with Crippen molar-refractivity contribution in [2.45, 2.75) is 18.8 Å². The Morgan fingerprint density at radius 3 is 3.00 bits per heavy atom. The summed E-state index contributed by atoms with van der Waals surface area (Å²) in [5.41, 5.74) is 0.594. The van der Waals surface area contributed by atoms with Crippen molar-refractivity contribution in [1.29, 1.82) is 0 Å². The van der Waals surface area contributed by atoms with Gasteiger partial charge in [-0.15, -0.1) is 0 Å². The zero-order valence-electron chi connectivity index (χ0n) is 10.1. The van der Waals surface area contributed by atoms with Crippen molar-refractivity contribution in [3.8, 4) is 0 Å². The van der Waals surface area contributed by atoms with E-state index in [4.69, 9.17) is 8.85 Å². The largest absolute Gasteiger partial charge is 0.381 e. The van der Waals surface area contributed by atoms with E-state index in [0.717, 1.165) is 12.8 Å². The van der Waals surface area contributed by atoms with Gasteiger partial charge < -0.3 is 4.74 Å². The van der Waals surface area contributed by atoms with Crippen LogP contribution in [0.25, 0.3) is 0 Å². The Balaban J connectivity index is 2.42. The van der Waals surface area contributed by atoms with Crippen molar-refractivity contribution in [2.75, 3.05) is 13.2 Å². The van der Waals surface area contributed by atoms with Gasteiger partial charge in [0.2, 0.25) is 0 Å². The van der Waals surface area contributed by atoms with E-state index in [1.807, 2.05) is 0 Å². The van der Waals surface area contributed by atoms with Gasteiger partial charge in [0.25, 0.3) is 0 Å². The lowest BCUT2D eigenvalue weighted by Gasteiger charge is -2.21. The molecular weight excluding hydrogens is 230 g/mol. The first-order valence-electron chi connectivity index (χ1n) is 5.82. The van der Waals surface area contributed by atoms with E-state index in [1.54, 1.807) is 0 Å². The Kier molecular flexibility index (Phi) is 1.99. The fourth-order valence-corrected chi connectivity index (χ4v) is 1.65. The number of hydrogen-bond acceptors (Lipinski definition) is 2. The molecule has 1 fully saturated rings. The van der Waals surface area contributed by atoms with Crippen LogP contribution in [0.1, 0.15) is 28.4 Å². The minimum Gasteiger partial charge on any atom is -0.381 e. The van der Waals surface area contributed by atoms with Crippen LogP contribution in [-0.2, 0) is 4.74 Å². The third-order valence-corrected chi connectivity index (χ3v) is 2.58. The van der Waals surface area contributed by atoms with Crippen LogP contribution in [0.2, 0.25) is 0 Å². The van der Waals surface area contributed by atoms with Gasteiger partial charge in [-0.2, -0.15) is 0 Å². The van der Waals surface area contributed by atoms with Gasteiger partial charge in [-0.25, -0.2) is 4.98 Å². The van der Waals surface area contributed by atoms with Gasteiger partial charge in [-0.05, 0) is 46.3 Å². The zero-order chi connectivity index (χ0) is 11.7. The third kappa shape index (κ3) is 2.29. The van der Waals surface area contributed by atoms with Gasteiger partial charge in [-0.1, -0.05) is 6.04 Å². The standard InChI is InChI=1S/C10H12BrNO/c11-10-2-1-9(7-12-10)8-3-5-13-6-4-8/h1-2,7-8H,3-6H2/i1D,2D,7D. The van der Waals surface area contributed by atoms with Crippen molar-refractivity contribution < 1.29 is 8.85 Å². The number of halogens is 1. The van der Waals surface area contributed by atoms with Crippen molar-refractivity contribution in [3.63, 3.8) is 0 Å². The van der Waals surface area contributed by atoms with E-state index >= 15 is 0 Å². The molecule has 0 bridgehead atoms. The molecule has 0 spiro atoms. The van der Waals surface area contributed by atoms with Crippen LogP contribution >= 0.6 is 15.9 Å². The molecule has 0 saturated carbocycles. The molecule has 0 radical (unpaired) electrons. The minimum absolute atomic E-state index is 0.0671. The molecule has 1 saturated heterocycles. The van der Waals surface area contributed by atoms with Crippen LogP contribution in [0.15, 0.2) is 22.9 Å². The lowest BCUT2D eigenvalue weighted by Crippen LogP contribution is -2.14. The maximum Gasteiger partial charge on any atom is 0.106 e. The smallest absolute Gasteiger partial charge is 0.106 e. The van der Waals surface area contributed by atoms with E-state index in [0.29, 0.717) is 18.8 Å². The predicted octanol–water partition coefficient (Wildman–Crippen LogP) is 2.74. The van der Waals surface area contributed by atoms with Crippen molar-refractivity contribution in [2.24, 2.45) is 0 Å². The lowest BCUT2D eigenvalue weighted by molar-refractivity contribution is 0.0852. The Morgan fingerprint density at radius 2 is 2.23 bits per heavy atom. The minimum atomic E-state index is 0.0671. The van der Waals surface area contributed by atoms with Gasteiger partial charge >= 0.3 is 0 Å². The van der Waals surface area contributed by atoms with Crippen LogP contribution in [0.5, 0.6) is 0 Å². The molecule has 1 aliphatic heterocycles. The average Bonchev–Trinajstić information content (AvgIpc) is 2.28. The molecule has 1 aromatic heterocycles. The second kappa shape index (κ2) is 4.20. The van der Waals surface area contributed by atoms with Crippen LogP contribution in [0, 0.1) is 0 Å². The molecule has 0 amide bonds. The average molecular weight is 245 g/mol. The highest BCUT2D eigenvalue weighted by atomic mass is 79.9. The summed E-state index contributed by atoms with van der Waals surface area (Å²) in [5, 5.41) is 0. The van der Waals surface area contributed by atoms with Gasteiger partial charge in [0.15, 0.2) is 0 Å². The number of ether oxygens (including phenoxy) is 1. The summed E-state index contributed by atoms with van der Waals surface area (Å²) >= 11 is 3.09. The summed E-state index contributed by atoms with van der Waals surface area (Å²) in [7, 11) is 0. The summed E-state index contributed by atoms with van der Waals surface area (Å²) in [6, 6.07) is 0.191. The van der Waals surface area contributed by atoms with Gasteiger partial charge in [0, 0.05) is 19.4 Å². The summed E-state index contributed by atoms with van der Waals surface area (Å²) in [6.07, 6.45) is 1.72. The highest BCUT2D eigenvalue weighted by molar-refractivity contribution is 9.10. The molecule has 0 N–H and O–H groups in total. The first-order chi connectivity index (χ1) is 7.61. The molecule has 1 aliphatic rings. The topological polar surface area (TPSA) is 22.1 Å². The summed E-state index contributed by atoms with van der Waals surface area (Å²) in [5.74, 6) is 0.137. The maximum atomic E-state index is 7.89. The summed E-state index contributed by atoms with van der Waals surface area (Å²) in [4.78, 5) is 3.94. The number of rotatable bonds is 1. The van der Waals surface area contributed by atoms with Crippen LogP contribution in [0.4, 0.5) is 0 Å². The number of aromatic nitrogens is 1. The molecule has 0 atom stereocenters. The molecule has 2 rings (SSSR count).